The third-order valence-corrected chi connectivity index (χ3v) is 4.65. The summed E-state index contributed by atoms with van der Waals surface area (Å²) in [6, 6.07) is 0. The number of rotatable bonds is 4. The van der Waals surface area contributed by atoms with Crippen molar-refractivity contribution in [1.82, 2.24) is 14.9 Å². The minimum Gasteiger partial charge on any atom is -0.441 e. The highest BCUT2D eigenvalue weighted by Crippen LogP contribution is 2.38. The van der Waals surface area contributed by atoms with Crippen molar-refractivity contribution in [3.63, 3.8) is 0 Å². The number of ether oxygens (including phenoxy) is 1. The van der Waals surface area contributed by atoms with Crippen LogP contribution < -0.4 is 5.32 Å². The molecule has 1 unspecified atom stereocenters. The molecule has 5 nitrogen and oxygen atoms in total. The van der Waals surface area contributed by atoms with Crippen LogP contribution >= 0.6 is 0 Å². The van der Waals surface area contributed by atoms with Crippen molar-refractivity contribution in [3.8, 4) is 0 Å². The Hall–Kier alpha value is -2.04. The van der Waals surface area contributed by atoms with Crippen LogP contribution in [0.2, 0.25) is 0 Å². The van der Waals surface area contributed by atoms with E-state index in [0.29, 0.717) is 12.5 Å². The monoisotopic (exact) mass is 301 g/mol. The third kappa shape index (κ3) is 2.80. The number of amides is 1. The van der Waals surface area contributed by atoms with Crippen LogP contribution in [0.5, 0.6) is 0 Å². The van der Waals surface area contributed by atoms with E-state index in [1.54, 1.807) is 0 Å². The Bertz CT molecular complexity index is 605. The Morgan fingerprint density at radius 3 is 3.18 bits per heavy atom. The maximum atomic E-state index is 11.4. The second-order valence-electron chi connectivity index (χ2n) is 6.26. The van der Waals surface area contributed by atoms with Gasteiger partial charge in [0.1, 0.15) is 5.60 Å². The van der Waals surface area contributed by atoms with Crippen molar-refractivity contribution >= 4 is 18.2 Å². The number of carbonyl (C=O) groups is 1. The van der Waals surface area contributed by atoms with Gasteiger partial charge in [0.25, 0.3) is 0 Å². The summed E-state index contributed by atoms with van der Waals surface area (Å²) in [5, 5.41) is 2.80. The van der Waals surface area contributed by atoms with Gasteiger partial charge >= 0.3 is 6.09 Å². The zero-order chi connectivity index (χ0) is 15.6. The summed E-state index contributed by atoms with van der Waals surface area (Å²) in [4.78, 5) is 15.8. The predicted octanol–water partition coefficient (Wildman–Crippen LogP) is 3.23. The second-order valence-corrected chi connectivity index (χ2v) is 6.26. The van der Waals surface area contributed by atoms with E-state index in [2.05, 4.69) is 21.4 Å². The summed E-state index contributed by atoms with van der Waals surface area (Å²) in [6.07, 6.45) is 11.6. The van der Waals surface area contributed by atoms with E-state index in [1.165, 1.54) is 0 Å². The molecule has 3 rings (SSSR count). The van der Waals surface area contributed by atoms with Gasteiger partial charge in [-0.1, -0.05) is 12.7 Å². The number of nitrogens with zero attached hydrogens (tertiary/aromatic N) is 2. The first-order valence-corrected chi connectivity index (χ1v) is 7.93. The molecule has 1 aromatic heterocycles. The number of carbonyl (C=O) groups excluding carboxylic acids is 1. The molecule has 22 heavy (non-hydrogen) atoms. The first-order chi connectivity index (χ1) is 10.7. The average molecular weight is 301 g/mol. The Morgan fingerprint density at radius 2 is 2.50 bits per heavy atom. The van der Waals surface area contributed by atoms with Gasteiger partial charge in [0, 0.05) is 6.54 Å². The Labute approximate surface area is 131 Å². The predicted molar refractivity (Wildman–Crippen MR) is 86.2 cm³/mol. The van der Waals surface area contributed by atoms with E-state index in [1.807, 2.05) is 31.5 Å². The van der Waals surface area contributed by atoms with Gasteiger partial charge in [0.2, 0.25) is 0 Å². The van der Waals surface area contributed by atoms with Crippen LogP contribution in [-0.2, 0) is 11.3 Å². The largest absolute Gasteiger partial charge is 0.441 e. The Balaban J connectivity index is 1.73. The van der Waals surface area contributed by atoms with E-state index in [0.717, 1.165) is 43.6 Å². The first-order valence-electron chi connectivity index (χ1n) is 7.93. The number of imidazole rings is 1. The minimum atomic E-state index is -0.291. The third-order valence-electron chi connectivity index (χ3n) is 4.65. The summed E-state index contributed by atoms with van der Waals surface area (Å²) >= 11 is 0. The van der Waals surface area contributed by atoms with Crippen LogP contribution in [-0.4, -0.2) is 27.8 Å². The normalized spacial score (nSPS) is 28.0. The fraction of sp³-hybridized carbons (Fsp3) is 0.529. The zero-order valence-electron chi connectivity index (χ0n) is 13.0. The summed E-state index contributed by atoms with van der Waals surface area (Å²) in [5.41, 5.74) is 1.72. The quantitative estimate of drug-likeness (QED) is 0.929. The summed E-state index contributed by atoms with van der Waals surface area (Å²) in [7, 11) is 0. The molecular weight excluding hydrogens is 278 g/mol. The average Bonchev–Trinajstić information content (AvgIpc) is 3.04. The molecule has 1 aromatic rings. The van der Waals surface area contributed by atoms with Gasteiger partial charge in [-0.2, -0.15) is 0 Å². The molecule has 5 heteroatoms. The lowest BCUT2D eigenvalue weighted by molar-refractivity contribution is 0.00414. The van der Waals surface area contributed by atoms with E-state index in [4.69, 9.17) is 4.74 Å². The van der Waals surface area contributed by atoms with Crippen LogP contribution in [0.4, 0.5) is 4.79 Å². The van der Waals surface area contributed by atoms with Crippen LogP contribution in [0.25, 0.3) is 12.2 Å². The van der Waals surface area contributed by atoms with Crippen molar-refractivity contribution in [2.24, 2.45) is 5.92 Å². The molecule has 0 bridgehead atoms. The van der Waals surface area contributed by atoms with Gasteiger partial charge in [-0.25, -0.2) is 9.78 Å². The molecule has 2 aliphatic rings. The molecule has 0 aromatic carbocycles. The molecule has 2 atom stereocenters. The van der Waals surface area contributed by atoms with Gasteiger partial charge in [0.05, 0.1) is 24.3 Å². The molecule has 2 heterocycles. The molecule has 1 aliphatic heterocycles. The van der Waals surface area contributed by atoms with Gasteiger partial charge in [0.15, 0.2) is 0 Å². The minimum absolute atomic E-state index is 0.273. The van der Waals surface area contributed by atoms with E-state index >= 15 is 0 Å². The molecule has 118 valence electrons. The van der Waals surface area contributed by atoms with Gasteiger partial charge in [-0.05, 0) is 50.7 Å². The lowest BCUT2D eigenvalue weighted by atomic mass is 9.78. The van der Waals surface area contributed by atoms with Gasteiger partial charge in [-0.3, -0.25) is 0 Å². The molecule has 1 N–H and O–H groups in total. The number of aromatic nitrogens is 2. The van der Waals surface area contributed by atoms with E-state index in [-0.39, 0.29) is 11.7 Å². The summed E-state index contributed by atoms with van der Waals surface area (Å²) in [6.45, 7) is 7.43. The number of alkyl carbamates (subject to hydrolysis) is 1. The van der Waals surface area contributed by atoms with E-state index in [9.17, 15) is 4.79 Å². The second kappa shape index (κ2) is 5.99. The molecule has 1 aliphatic carbocycles. The topological polar surface area (TPSA) is 56.2 Å². The van der Waals surface area contributed by atoms with Crippen LogP contribution in [0.15, 0.2) is 19.0 Å². The van der Waals surface area contributed by atoms with E-state index < -0.39 is 0 Å². The fourth-order valence-electron chi connectivity index (χ4n) is 3.69. The van der Waals surface area contributed by atoms with Crippen molar-refractivity contribution in [1.29, 1.82) is 0 Å². The molecule has 1 spiro atoms. The van der Waals surface area contributed by atoms with Crippen molar-refractivity contribution < 1.29 is 9.53 Å². The summed E-state index contributed by atoms with van der Waals surface area (Å²) in [5.74, 6) is 0.493. The Morgan fingerprint density at radius 1 is 1.64 bits per heavy atom. The number of allylic oxidation sites excluding steroid dienone is 1. The van der Waals surface area contributed by atoms with Crippen molar-refractivity contribution in [2.45, 2.75) is 44.8 Å². The zero-order valence-corrected chi connectivity index (χ0v) is 13.0. The van der Waals surface area contributed by atoms with Crippen molar-refractivity contribution in [2.75, 3.05) is 6.54 Å². The summed E-state index contributed by atoms with van der Waals surface area (Å²) < 4.78 is 7.71. The van der Waals surface area contributed by atoms with Crippen LogP contribution in [0.1, 0.15) is 44.0 Å². The molecule has 1 saturated heterocycles. The maximum Gasteiger partial charge on any atom is 0.407 e. The highest BCUT2D eigenvalue weighted by molar-refractivity contribution is 5.70. The molecule has 1 saturated carbocycles. The lowest BCUT2D eigenvalue weighted by Gasteiger charge is -2.35. The highest BCUT2D eigenvalue weighted by atomic mass is 16.6. The molecular formula is C17H23N3O2. The fourth-order valence-corrected chi connectivity index (χ4v) is 3.69. The van der Waals surface area contributed by atoms with Crippen LogP contribution in [0, 0.1) is 5.92 Å². The maximum absolute atomic E-state index is 11.4. The standard InChI is InChI=1S/C17H23N3O2/c1-3-6-14-15(4-2)20(12-19-14)10-13-7-5-8-17(9-13)11-18-16(21)22-17/h3-4,6,12-13H,2,5,7-11H2,1H3,(H,18,21)/b6-3-/t13?,17-/m0/s1. The first kappa shape index (κ1) is 14.9. The number of hydrogen-bond donors (Lipinski definition) is 1. The molecule has 2 fully saturated rings. The highest BCUT2D eigenvalue weighted by Gasteiger charge is 2.44. The number of hydrogen-bond acceptors (Lipinski definition) is 3. The number of nitrogens with one attached hydrogen (secondary N) is 1. The SMILES string of the molecule is C=Cc1c(/C=C\C)ncn1CC1CCC[C@@]2(CNC(=O)O2)C1. The molecule has 1 amide bonds. The van der Waals surface area contributed by atoms with Gasteiger partial charge < -0.3 is 14.6 Å². The lowest BCUT2D eigenvalue weighted by Crippen LogP contribution is -2.39. The Kier molecular flexibility index (Phi) is 4.05. The van der Waals surface area contributed by atoms with Gasteiger partial charge in [-0.15, -0.1) is 0 Å². The van der Waals surface area contributed by atoms with Crippen molar-refractivity contribution in [3.05, 3.63) is 30.4 Å². The smallest absolute Gasteiger partial charge is 0.407 e. The van der Waals surface area contributed by atoms with Crippen LogP contribution in [0.3, 0.4) is 0 Å². The molecule has 0 radical (unpaired) electrons.